The van der Waals surface area contributed by atoms with E-state index in [-0.39, 0.29) is 11.5 Å². The van der Waals surface area contributed by atoms with Crippen LogP contribution in [0.3, 0.4) is 0 Å². The van der Waals surface area contributed by atoms with E-state index in [1.54, 1.807) is 6.92 Å². The predicted octanol–water partition coefficient (Wildman–Crippen LogP) is -0.218. The summed E-state index contributed by atoms with van der Waals surface area (Å²) in [5, 5.41) is 12.3. The lowest BCUT2D eigenvalue weighted by Crippen LogP contribution is -2.28. The fraction of sp³-hybridized carbons (Fsp3) is 1.00. The number of nitrogens with one attached hydrogen (secondary N) is 1. The topological polar surface area (TPSA) is 66.4 Å². The zero-order valence-corrected chi connectivity index (χ0v) is 9.10. The molecule has 0 aliphatic rings. The molecule has 0 fully saturated rings. The van der Waals surface area contributed by atoms with Gasteiger partial charge in [0, 0.05) is 12.3 Å². The maximum Gasteiger partial charge on any atom is 0.150 e. The summed E-state index contributed by atoms with van der Waals surface area (Å²) in [6.07, 6.45) is -0.232. The fourth-order valence-corrected chi connectivity index (χ4v) is 1.79. The van der Waals surface area contributed by atoms with E-state index < -0.39 is 15.9 Å². The Balaban J connectivity index is 3.63. The van der Waals surface area contributed by atoms with Crippen molar-refractivity contribution in [1.82, 2.24) is 5.32 Å². The van der Waals surface area contributed by atoms with Crippen LogP contribution in [0.2, 0.25) is 0 Å². The number of sulfone groups is 1. The molecule has 0 radical (unpaired) electrons. The first kappa shape index (κ1) is 12.9. The third kappa shape index (κ3) is 6.98. The number of aliphatic hydroxyl groups excluding tert-OH is 1. The molecule has 4 nitrogen and oxygen atoms in total. The predicted molar refractivity (Wildman–Crippen MR) is 53.5 cm³/mol. The van der Waals surface area contributed by atoms with E-state index in [2.05, 4.69) is 5.32 Å². The Bertz CT molecular complexity index is 213. The van der Waals surface area contributed by atoms with Gasteiger partial charge in [-0.25, -0.2) is 8.42 Å². The minimum absolute atomic E-state index is 0.0794. The molecule has 0 amide bonds. The largest absolute Gasteiger partial charge is 0.392 e. The first-order valence-corrected chi connectivity index (χ1v) is 6.43. The normalized spacial score (nSPS) is 14.4. The van der Waals surface area contributed by atoms with Crippen LogP contribution in [-0.2, 0) is 9.84 Å². The summed E-state index contributed by atoms with van der Waals surface area (Å²) in [5.74, 6) is 0.233. The molecular formula is C8H19NO3S. The highest BCUT2D eigenvalue weighted by Gasteiger charge is 2.11. The maximum atomic E-state index is 11.0. The van der Waals surface area contributed by atoms with E-state index in [4.69, 9.17) is 0 Å². The molecule has 0 bridgehead atoms. The first-order valence-electron chi connectivity index (χ1n) is 4.61. The average molecular weight is 209 g/mol. The van der Waals surface area contributed by atoms with Gasteiger partial charge in [0.1, 0.15) is 9.84 Å². The smallest absolute Gasteiger partial charge is 0.150 e. The third-order valence-electron chi connectivity index (χ3n) is 1.83. The van der Waals surface area contributed by atoms with Gasteiger partial charge in [-0.05, 0) is 13.0 Å². The molecule has 0 aliphatic carbocycles. The van der Waals surface area contributed by atoms with E-state index in [0.717, 1.165) is 6.54 Å². The number of rotatable bonds is 7. The molecule has 5 heteroatoms. The number of aliphatic hydroxyl groups is 1. The zero-order valence-electron chi connectivity index (χ0n) is 8.28. The van der Waals surface area contributed by atoms with Gasteiger partial charge in [-0.3, -0.25) is 0 Å². The summed E-state index contributed by atoms with van der Waals surface area (Å²) >= 11 is 0. The van der Waals surface area contributed by atoms with Crippen LogP contribution < -0.4 is 5.32 Å². The Morgan fingerprint density at radius 3 is 2.46 bits per heavy atom. The second-order valence-electron chi connectivity index (χ2n) is 2.99. The highest BCUT2D eigenvalue weighted by molar-refractivity contribution is 7.91. The van der Waals surface area contributed by atoms with Gasteiger partial charge in [0.05, 0.1) is 11.9 Å². The van der Waals surface area contributed by atoms with Crippen LogP contribution in [0.1, 0.15) is 20.3 Å². The molecule has 0 saturated heterocycles. The monoisotopic (exact) mass is 209 g/mol. The van der Waals surface area contributed by atoms with Gasteiger partial charge in [0.15, 0.2) is 0 Å². The Morgan fingerprint density at radius 2 is 2.00 bits per heavy atom. The third-order valence-corrected chi connectivity index (χ3v) is 3.57. The summed E-state index contributed by atoms with van der Waals surface area (Å²) in [7, 11) is -2.93. The van der Waals surface area contributed by atoms with E-state index in [1.807, 2.05) is 6.92 Å². The molecule has 0 rings (SSSR count). The molecule has 2 N–H and O–H groups in total. The Hall–Kier alpha value is -0.130. The van der Waals surface area contributed by atoms with Crippen LogP contribution in [0, 0.1) is 0 Å². The van der Waals surface area contributed by atoms with Gasteiger partial charge in [-0.1, -0.05) is 13.8 Å². The molecule has 1 unspecified atom stereocenters. The molecule has 1 atom stereocenters. The lowest BCUT2D eigenvalue weighted by molar-refractivity contribution is 0.169. The molecular weight excluding hydrogens is 190 g/mol. The highest BCUT2D eigenvalue weighted by Crippen LogP contribution is 1.97. The minimum atomic E-state index is -2.93. The van der Waals surface area contributed by atoms with Gasteiger partial charge in [0.25, 0.3) is 0 Å². The Labute approximate surface area is 80.3 Å². The molecule has 0 saturated carbocycles. The van der Waals surface area contributed by atoms with Crippen molar-refractivity contribution in [1.29, 1.82) is 0 Å². The van der Waals surface area contributed by atoms with E-state index in [1.165, 1.54) is 0 Å². The van der Waals surface area contributed by atoms with Crippen LogP contribution in [-0.4, -0.2) is 44.2 Å². The van der Waals surface area contributed by atoms with Crippen molar-refractivity contribution in [3.8, 4) is 0 Å². The van der Waals surface area contributed by atoms with Crippen molar-refractivity contribution in [3.63, 3.8) is 0 Å². The summed E-state index contributed by atoms with van der Waals surface area (Å²) < 4.78 is 22.1. The molecule has 0 heterocycles. The van der Waals surface area contributed by atoms with Crippen molar-refractivity contribution in [2.24, 2.45) is 0 Å². The molecule has 80 valence electrons. The number of hydrogen-bond donors (Lipinski definition) is 2. The summed E-state index contributed by atoms with van der Waals surface area (Å²) in [4.78, 5) is 0. The summed E-state index contributed by atoms with van der Waals surface area (Å²) in [5.41, 5.74) is 0. The summed E-state index contributed by atoms with van der Waals surface area (Å²) in [6.45, 7) is 4.81. The van der Waals surface area contributed by atoms with Crippen molar-refractivity contribution in [2.75, 3.05) is 24.6 Å². The standard InChI is InChI=1S/C8H19NO3S/c1-3-9-7-8(10)5-6-13(11,12)4-2/h8-10H,3-7H2,1-2H3. The van der Waals surface area contributed by atoms with Crippen molar-refractivity contribution >= 4 is 9.84 Å². The van der Waals surface area contributed by atoms with Crippen molar-refractivity contribution in [2.45, 2.75) is 26.4 Å². The Kier molecular flexibility index (Phi) is 6.28. The minimum Gasteiger partial charge on any atom is -0.392 e. The lowest BCUT2D eigenvalue weighted by atomic mass is 10.3. The van der Waals surface area contributed by atoms with Crippen LogP contribution in [0.25, 0.3) is 0 Å². The van der Waals surface area contributed by atoms with Gasteiger partial charge >= 0.3 is 0 Å². The van der Waals surface area contributed by atoms with Crippen molar-refractivity contribution in [3.05, 3.63) is 0 Å². The van der Waals surface area contributed by atoms with E-state index in [0.29, 0.717) is 13.0 Å². The first-order chi connectivity index (χ1) is 6.02. The van der Waals surface area contributed by atoms with E-state index in [9.17, 15) is 13.5 Å². The van der Waals surface area contributed by atoms with Crippen LogP contribution in [0.5, 0.6) is 0 Å². The van der Waals surface area contributed by atoms with Crippen LogP contribution in [0.4, 0.5) is 0 Å². The molecule has 13 heavy (non-hydrogen) atoms. The average Bonchev–Trinajstić information content (AvgIpc) is 2.11. The zero-order chi connectivity index (χ0) is 10.3. The summed E-state index contributed by atoms with van der Waals surface area (Å²) in [6, 6.07) is 0. The van der Waals surface area contributed by atoms with Crippen molar-refractivity contribution < 1.29 is 13.5 Å². The molecule has 0 aliphatic heterocycles. The second kappa shape index (κ2) is 6.34. The van der Waals surface area contributed by atoms with Gasteiger partial charge in [-0.2, -0.15) is 0 Å². The molecule has 0 spiro atoms. The molecule has 0 aromatic heterocycles. The fourth-order valence-electron chi connectivity index (χ4n) is 0.873. The maximum absolute atomic E-state index is 11.0. The highest BCUT2D eigenvalue weighted by atomic mass is 32.2. The van der Waals surface area contributed by atoms with Gasteiger partial charge < -0.3 is 10.4 Å². The molecule has 0 aromatic carbocycles. The Morgan fingerprint density at radius 1 is 1.38 bits per heavy atom. The van der Waals surface area contributed by atoms with Gasteiger partial charge in [0.2, 0.25) is 0 Å². The van der Waals surface area contributed by atoms with Crippen LogP contribution >= 0.6 is 0 Å². The van der Waals surface area contributed by atoms with Crippen LogP contribution in [0.15, 0.2) is 0 Å². The number of likely N-dealkylation sites (N-methyl/N-ethyl adjacent to an activating group) is 1. The SMILES string of the molecule is CCNCC(O)CCS(=O)(=O)CC. The quantitative estimate of drug-likeness (QED) is 0.608. The van der Waals surface area contributed by atoms with Gasteiger partial charge in [-0.15, -0.1) is 0 Å². The number of hydrogen-bond acceptors (Lipinski definition) is 4. The molecule has 0 aromatic rings. The van der Waals surface area contributed by atoms with E-state index >= 15 is 0 Å². The lowest BCUT2D eigenvalue weighted by Gasteiger charge is -2.10. The second-order valence-corrected chi connectivity index (χ2v) is 5.46.